The minimum Gasteiger partial charge on any atom is -0.494 e. The van der Waals surface area contributed by atoms with Crippen molar-refractivity contribution in [1.82, 2.24) is 4.98 Å². The van der Waals surface area contributed by atoms with Crippen molar-refractivity contribution in [3.8, 4) is 5.75 Å². The number of nitrogens with two attached hydrogens (primary N) is 1. The molecule has 1 aliphatic carbocycles. The highest BCUT2D eigenvalue weighted by Gasteiger charge is 2.26. The molecule has 1 aromatic heterocycles. The number of pyridine rings is 1. The quantitative estimate of drug-likeness (QED) is 0.922. The zero-order valence-electron chi connectivity index (χ0n) is 9.53. The number of hydrogen-bond acceptors (Lipinski definition) is 3. The van der Waals surface area contributed by atoms with Crippen molar-refractivity contribution in [2.24, 2.45) is 0 Å². The van der Waals surface area contributed by atoms with Crippen LogP contribution in [0.3, 0.4) is 0 Å². The van der Waals surface area contributed by atoms with Gasteiger partial charge in [-0.1, -0.05) is 15.9 Å². The largest absolute Gasteiger partial charge is 0.494 e. The zero-order chi connectivity index (χ0) is 12.0. The first-order valence-corrected chi connectivity index (χ1v) is 6.42. The number of nitrogens with zero attached hydrogens (tertiary/aromatic N) is 1. The second-order valence-corrected chi connectivity index (χ2v) is 5.24. The first-order chi connectivity index (χ1) is 8.20. The summed E-state index contributed by atoms with van der Waals surface area (Å²) in [5, 5.41) is 0.939. The Balaban J connectivity index is 2.33. The number of aromatic nitrogens is 1. The number of benzene rings is 1. The monoisotopic (exact) mass is 292 g/mol. The third-order valence-corrected chi connectivity index (χ3v) is 3.80. The van der Waals surface area contributed by atoms with E-state index in [1.54, 1.807) is 7.11 Å². The van der Waals surface area contributed by atoms with Gasteiger partial charge in [0.05, 0.1) is 7.11 Å². The summed E-state index contributed by atoms with van der Waals surface area (Å²) in [6.45, 7) is 0. The maximum absolute atomic E-state index is 6.12. The van der Waals surface area contributed by atoms with Gasteiger partial charge in [-0.25, -0.2) is 4.98 Å². The Hall–Kier alpha value is -1.29. The Morgan fingerprint density at radius 2 is 2.18 bits per heavy atom. The Morgan fingerprint density at radius 1 is 1.41 bits per heavy atom. The van der Waals surface area contributed by atoms with Crippen LogP contribution in [0.1, 0.15) is 24.5 Å². The van der Waals surface area contributed by atoms with Crippen LogP contribution in [0.2, 0.25) is 0 Å². The summed E-state index contributed by atoms with van der Waals surface area (Å²) in [4.78, 5) is 4.69. The molecule has 0 radical (unpaired) electrons. The second-order valence-electron chi connectivity index (χ2n) is 4.38. The van der Waals surface area contributed by atoms with E-state index in [1.165, 1.54) is 12.8 Å². The molecule has 1 saturated carbocycles. The van der Waals surface area contributed by atoms with Crippen LogP contribution in [-0.2, 0) is 0 Å². The van der Waals surface area contributed by atoms with Gasteiger partial charge in [-0.3, -0.25) is 0 Å². The molecule has 4 heteroatoms. The number of anilines is 1. The van der Waals surface area contributed by atoms with Crippen molar-refractivity contribution in [3.05, 3.63) is 28.4 Å². The minimum atomic E-state index is 0.588. The molecule has 0 aliphatic heterocycles. The summed E-state index contributed by atoms with van der Waals surface area (Å²) < 4.78 is 6.31. The van der Waals surface area contributed by atoms with E-state index in [-0.39, 0.29) is 0 Å². The molecule has 0 atom stereocenters. The Labute approximate surface area is 108 Å². The lowest BCUT2D eigenvalue weighted by Crippen LogP contribution is -1.97. The summed E-state index contributed by atoms with van der Waals surface area (Å²) >= 11 is 3.51. The van der Waals surface area contributed by atoms with Gasteiger partial charge < -0.3 is 10.5 Å². The average molecular weight is 293 g/mol. The fourth-order valence-electron chi connectivity index (χ4n) is 2.08. The predicted octanol–water partition coefficient (Wildman–Crippen LogP) is 3.47. The zero-order valence-corrected chi connectivity index (χ0v) is 11.1. The molecule has 3 rings (SSSR count). The van der Waals surface area contributed by atoms with Crippen LogP contribution >= 0.6 is 15.9 Å². The number of nitrogen functional groups attached to an aromatic ring is 1. The van der Waals surface area contributed by atoms with Crippen LogP contribution in [0.4, 0.5) is 5.69 Å². The van der Waals surface area contributed by atoms with Crippen molar-refractivity contribution in [2.45, 2.75) is 18.8 Å². The van der Waals surface area contributed by atoms with Crippen molar-refractivity contribution in [1.29, 1.82) is 0 Å². The van der Waals surface area contributed by atoms with Crippen molar-refractivity contribution in [3.63, 3.8) is 0 Å². The van der Waals surface area contributed by atoms with E-state index < -0.39 is 0 Å². The van der Waals surface area contributed by atoms with E-state index >= 15 is 0 Å². The first kappa shape index (κ1) is 10.8. The molecule has 0 spiro atoms. The molecular formula is C13H13BrN2O. The highest BCUT2D eigenvalue weighted by molar-refractivity contribution is 9.10. The number of methoxy groups -OCH3 is 1. The lowest BCUT2D eigenvalue weighted by molar-refractivity contribution is 0.418. The van der Waals surface area contributed by atoms with Crippen LogP contribution in [0.15, 0.2) is 22.7 Å². The third kappa shape index (κ3) is 1.76. The number of hydrogen-bond donors (Lipinski definition) is 1. The van der Waals surface area contributed by atoms with E-state index in [1.807, 2.05) is 18.2 Å². The van der Waals surface area contributed by atoms with Crippen molar-refractivity contribution >= 4 is 32.5 Å². The van der Waals surface area contributed by atoms with Crippen LogP contribution < -0.4 is 10.5 Å². The van der Waals surface area contributed by atoms with Gasteiger partial charge in [0.2, 0.25) is 0 Å². The Morgan fingerprint density at radius 3 is 2.82 bits per heavy atom. The van der Waals surface area contributed by atoms with Gasteiger partial charge >= 0.3 is 0 Å². The summed E-state index contributed by atoms with van der Waals surface area (Å²) in [5.74, 6) is 1.36. The van der Waals surface area contributed by atoms with E-state index in [0.29, 0.717) is 5.92 Å². The SMILES string of the molecule is COc1ccc(Br)c2c(N)cc(C3CC3)nc12. The topological polar surface area (TPSA) is 48.1 Å². The summed E-state index contributed by atoms with van der Waals surface area (Å²) in [6, 6.07) is 5.84. The molecule has 1 aromatic carbocycles. The smallest absolute Gasteiger partial charge is 0.145 e. The maximum Gasteiger partial charge on any atom is 0.145 e. The molecule has 17 heavy (non-hydrogen) atoms. The fourth-order valence-corrected chi connectivity index (χ4v) is 2.63. The molecule has 88 valence electrons. The molecule has 1 aliphatic rings. The fraction of sp³-hybridized carbons (Fsp3) is 0.308. The molecule has 2 N–H and O–H groups in total. The third-order valence-electron chi connectivity index (χ3n) is 3.14. The second kappa shape index (κ2) is 3.88. The molecule has 0 amide bonds. The average Bonchev–Trinajstić information content (AvgIpc) is 3.12. The van der Waals surface area contributed by atoms with E-state index in [2.05, 4.69) is 15.9 Å². The van der Waals surface area contributed by atoms with Gasteiger partial charge in [-0.05, 0) is 31.0 Å². The van der Waals surface area contributed by atoms with Crippen LogP contribution in [-0.4, -0.2) is 12.1 Å². The number of fused-ring (bicyclic) bond motifs is 1. The van der Waals surface area contributed by atoms with Gasteiger partial charge in [-0.2, -0.15) is 0 Å². The predicted molar refractivity (Wildman–Crippen MR) is 72.4 cm³/mol. The van der Waals surface area contributed by atoms with Gasteiger partial charge in [0.25, 0.3) is 0 Å². The number of rotatable bonds is 2. The van der Waals surface area contributed by atoms with E-state index in [9.17, 15) is 0 Å². The Kier molecular flexibility index (Phi) is 2.47. The molecule has 1 heterocycles. The molecule has 1 fully saturated rings. The number of ether oxygens (including phenoxy) is 1. The summed E-state index contributed by atoms with van der Waals surface area (Å²) in [6.07, 6.45) is 2.43. The molecular weight excluding hydrogens is 280 g/mol. The minimum absolute atomic E-state index is 0.588. The number of halogens is 1. The van der Waals surface area contributed by atoms with Gasteiger partial charge in [0.1, 0.15) is 11.3 Å². The van der Waals surface area contributed by atoms with Crippen LogP contribution in [0, 0.1) is 0 Å². The molecule has 0 saturated heterocycles. The lowest BCUT2D eigenvalue weighted by Gasteiger charge is -2.10. The maximum atomic E-state index is 6.12. The van der Waals surface area contributed by atoms with E-state index in [4.69, 9.17) is 15.5 Å². The summed E-state index contributed by atoms with van der Waals surface area (Å²) in [7, 11) is 1.66. The molecule has 0 unspecified atom stereocenters. The normalized spacial score (nSPS) is 15.2. The first-order valence-electron chi connectivity index (χ1n) is 5.63. The van der Waals surface area contributed by atoms with Crippen LogP contribution in [0.25, 0.3) is 10.9 Å². The van der Waals surface area contributed by atoms with Crippen molar-refractivity contribution < 1.29 is 4.74 Å². The Bertz CT molecular complexity index is 593. The molecule has 0 bridgehead atoms. The molecule has 3 nitrogen and oxygen atoms in total. The lowest BCUT2D eigenvalue weighted by atomic mass is 10.1. The standard InChI is InChI=1S/C13H13BrN2O/c1-17-11-5-4-8(14)12-9(15)6-10(7-2-3-7)16-13(11)12/h4-7H,2-3H2,1H3,(H2,15,16). The van der Waals surface area contributed by atoms with E-state index in [0.717, 1.165) is 32.5 Å². The van der Waals surface area contributed by atoms with Crippen molar-refractivity contribution in [2.75, 3.05) is 12.8 Å². The summed E-state index contributed by atoms with van der Waals surface area (Å²) in [5.41, 5.74) is 8.83. The van der Waals surface area contributed by atoms with Gasteiger partial charge in [0.15, 0.2) is 0 Å². The van der Waals surface area contributed by atoms with Crippen LogP contribution in [0.5, 0.6) is 5.75 Å². The highest BCUT2D eigenvalue weighted by Crippen LogP contribution is 2.42. The van der Waals surface area contributed by atoms with Gasteiger partial charge in [-0.15, -0.1) is 0 Å². The van der Waals surface area contributed by atoms with Gasteiger partial charge in [0, 0.05) is 27.2 Å². The molecule has 2 aromatic rings. The highest BCUT2D eigenvalue weighted by atomic mass is 79.9.